The highest BCUT2D eigenvalue weighted by Gasteiger charge is 2.31. The lowest BCUT2D eigenvalue weighted by molar-refractivity contribution is -0.140. The van der Waals surface area contributed by atoms with E-state index in [1.54, 1.807) is 0 Å². The van der Waals surface area contributed by atoms with Crippen molar-refractivity contribution in [3.63, 3.8) is 0 Å². The predicted molar refractivity (Wildman–Crippen MR) is 54.0 cm³/mol. The molecule has 0 aliphatic heterocycles. The second kappa shape index (κ2) is 4.30. The van der Waals surface area contributed by atoms with Crippen LogP contribution in [-0.4, -0.2) is 22.3 Å². The Bertz CT molecular complexity index is 201. The molecule has 2 N–H and O–H groups in total. The van der Waals surface area contributed by atoms with Crippen molar-refractivity contribution in [3.8, 4) is 0 Å². The summed E-state index contributed by atoms with van der Waals surface area (Å²) >= 11 is 0. The maximum atomic E-state index is 10.4. The predicted octanol–water partition coefficient (Wildman–Crippen LogP) is 2.04. The van der Waals surface area contributed by atoms with Gasteiger partial charge < -0.3 is 10.2 Å². The van der Waals surface area contributed by atoms with Crippen LogP contribution >= 0.6 is 0 Å². The first-order valence-electron chi connectivity index (χ1n) is 5.30. The zero-order valence-corrected chi connectivity index (χ0v) is 8.99. The number of aliphatic carboxylic acids is 1. The maximum Gasteiger partial charge on any atom is 0.305 e. The average Bonchev–Trinajstić information content (AvgIpc) is 2.02. The van der Waals surface area contributed by atoms with Crippen LogP contribution in [0.25, 0.3) is 0 Å². The molecule has 0 aromatic carbocycles. The van der Waals surface area contributed by atoms with Gasteiger partial charge in [-0.1, -0.05) is 13.8 Å². The van der Waals surface area contributed by atoms with Crippen molar-refractivity contribution in [2.24, 2.45) is 11.3 Å². The van der Waals surface area contributed by atoms with Crippen LogP contribution in [0.4, 0.5) is 0 Å². The van der Waals surface area contributed by atoms with Gasteiger partial charge in [0.25, 0.3) is 0 Å². The summed E-state index contributed by atoms with van der Waals surface area (Å²) in [4.78, 5) is 10.4. The number of aliphatic hydroxyl groups excluding tert-OH is 1. The van der Waals surface area contributed by atoms with Gasteiger partial charge in [-0.05, 0) is 37.0 Å². The molecule has 1 rings (SSSR count). The first kappa shape index (κ1) is 11.5. The van der Waals surface area contributed by atoms with Gasteiger partial charge in [0.05, 0.1) is 12.5 Å². The van der Waals surface area contributed by atoms with Gasteiger partial charge in [0.2, 0.25) is 0 Å². The second-order valence-electron chi connectivity index (χ2n) is 5.17. The minimum absolute atomic E-state index is 0.106. The molecule has 0 bridgehead atoms. The van der Waals surface area contributed by atoms with Crippen molar-refractivity contribution < 1.29 is 15.0 Å². The highest BCUT2D eigenvalue weighted by atomic mass is 16.4. The first-order chi connectivity index (χ1) is 6.41. The van der Waals surface area contributed by atoms with Crippen LogP contribution in [0, 0.1) is 11.3 Å². The third-order valence-electron chi connectivity index (χ3n) is 3.31. The molecule has 0 radical (unpaired) electrons. The summed E-state index contributed by atoms with van der Waals surface area (Å²) in [6.45, 7) is 4.46. The van der Waals surface area contributed by atoms with Crippen LogP contribution in [0.3, 0.4) is 0 Å². The zero-order chi connectivity index (χ0) is 10.8. The summed E-state index contributed by atoms with van der Waals surface area (Å²) in [6.07, 6.45) is 3.35. The molecule has 1 fully saturated rings. The topological polar surface area (TPSA) is 57.5 Å². The van der Waals surface area contributed by atoms with Crippen LogP contribution in [0.5, 0.6) is 0 Å². The molecule has 1 saturated carbocycles. The Balaban J connectivity index is 2.37. The lowest BCUT2D eigenvalue weighted by Crippen LogP contribution is -2.30. The largest absolute Gasteiger partial charge is 0.481 e. The van der Waals surface area contributed by atoms with Crippen LogP contribution in [0.15, 0.2) is 0 Å². The molecular weight excluding hydrogens is 180 g/mol. The van der Waals surface area contributed by atoms with E-state index in [-0.39, 0.29) is 12.3 Å². The van der Waals surface area contributed by atoms with Gasteiger partial charge in [-0.2, -0.15) is 0 Å². The fourth-order valence-corrected chi connectivity index (χ4v) is 2.15. The van der Waals surface area contributed by atoms with E-state index in [1.165, 1.54) is 0 Å². The Morgan fingerprint density at radius 1 is 1.43 bits per heavy atom. The fraction of sp³-hybridized carbons (Fsp3) is 0.909. The number of rotatable bonds is 3. The van der Waals surface area contributed by atoms with E-state index in [0.29, 0.717) is 5.41 Å². The summed E-state index contributed by atoms with van der Waals surface area (Å²) in [5.74, 6) is -0.707. The molecule has 14 heavy (non-hydrogen) atoms. The standard InChI is InChI=1S/C11H20O3/c1-11(2)5-3-8(4-6-11)9(12)7-10(13)14/h8-9,12H,3-7H2,1-2H3,(H,13,14)/t9-/m1/s1. The molecule has 82 valence electrons. The first-order valence-corrected chi connectivity index (χ1v) is 5.30. The third kappa shape index (κ3) is 3.29. The molecule has 0 unspecified atom stereocenters. The number of hydrogen-bond acceptors (Lipinski definition) is 2. The fourth-order valence-electron chi connectivity index (χ4n) is 2.15. The van der Waals surface area contributed by atoms with Gasteiger partial charge in [0, 0.05) is 0 Å². The highest BCUT2D eigenvalue weighted by Crippen LogP contribution is 2.39. The van der Waals surface area contributed by atoms with Gasteiger partial charge in [-0.15, -0.1) is 0 Å². The van der Waals surface area contributed by atoms with E-state index in [1.807, 2.05) is 0 Å². The Morgan fingerprint density at radius 3 is 2.36 bits per heavy atom. The molecule has 1 aliphatic rings. The quantitative estimate of drug-likeness (QED) is 0.733. The third-order valence-corrected chi connectivity index (χ3v) is 3.31. The van der Waals surface area contributed by atoms with Crippen molar-refractivity contribution in [3.05, 3.63) is 0 Å². The SMILES string of the molecule is CC1(C)CCC([C@H](O)CC(=O)O)CC1. The van der Waals surface area contributed by atoms with Crippen LogP contribution in [0.2, 0.25) is 0 Å². The van der Waals surface area contributed by atoms with Crippen molar-refractivity contribution >= 4 is 5.97 Å². The molecule has 0 aromatic heterocycles. The van der Waals surface area contributed by atoms with Gasteiger partial charge in [-0.25, -0.2) is 0 Å². The monoisotopic (exact) mass is 200 g/mol. The number of carboxylic acid groups (broad SMARTS) is 1. The van der Waals surface area contributed by atoms with E-state index >= 15 is 0 Å². The summed E-state index contributed by atoms with van der Waals surface area (Å²) in [5.41, 5.74) is 0.374. The number of carbonyl (C=O) groups is 1. The molecule has 1 atom stereocenters. The smallest absolute Gasteiger partial charge is 0.305 e. The maximum absolute atomic E-state index is 10.4. The Labute approximate surface area is 85.1 Å². The summed E-state index contributed by atoms with van der Waals surface area (Å²) in [6, 6.07) is 0. The Morgan fingerprint density at radius 2 is 1.93 bits per heavy atom. The minimum Gasteiger partial charge on any atom is -0.481 e. The second-order valence-corrected chi connectivity index (χ2v) is 5.17. The Hall–Kier alpha value is -0.570. The molecule has 0 heterocycles. The lowest BCUT2D eigenvalue weighted by atomic mass is 9.71. The van der Waals surface area contributed by atoms with Crippen LogP contribution < -0.4 is 0 Å². The van der Waals surface area contributed by atoms with Gasteiger partial charge in [-0.3, -0.25) is 4.79 Å². The van der Waals surface area contributed by atoms with E-state index in [4.69, 9.17) is 5.11 Å². The molecule has 3 heteroatoms. The number of aliphatic hydroxyl groups is 1. The summed E-state index contributed by atoms with van der Waals surface area (Å²) in [7, 11) is 0. The molecule has 0 amide bonds. The highest BCUT2D eigenvalue weighted by molar-refractivity contribution is 5.67. The van der Waals surface area contributed by atoms with E-state index in [9.17, 15) is 9.90 Å². The lowest BCUT2D eigenvalue weighted by Gasteiger charge is -2.36. The zero-order valence-electron chi connectivity index (χ0n) is 8.99. The summed E-state index contributed by atoms with van der Waals surface area (Å²) < 4.78 is 0. The van der Waals surface area contributed by atoms with Crippen molar-refractivity contribution in [2.75, 3.05) is 0 Å². The normalized spacial score (nSPS) is 24.5. The average molecular weight is 200 g/mol. The van der Waals surface area contributed by atoms with Crippen molar-refractivity contribution in [1.82, 2.24) is 0 Å². The number of hydrogen-bond donors (Lipinski definition) is 2. The van der Waals surface area contributed by atoms with E-state index in [2.05, 4.69) is 13.8 Å². The van der Waals surface area contributed by atoms with Crippen LogP contribution in [-0.2, 0) is 4.79 Å². The van der Waals surface area contributed by atoms with Gasteiger partial charge >= 0.3 is 5.97 Å². The Kier molecular flexibility index (Phi) is 3.53. The molecular formula is C11H20O3. The number of carboxylic acids is 1. The molecule has 3 nitrogen and oxygen atoms in total. The molecule has 1 aliphatic carbocycles. The molecule has 0 aromatic rings. The minimum atomic E-state index is -0.901. The molecule has 0 saturated heterocycles. The van der Waals surface area contributed by atoms with E-state index in [0.717, 1.165) is 25.7 Å². The van der Waals surface area contributed by atoms with Crippen molar-refractivity contribution in [2.45, 2.75) is 52.1 Å². The van der Waals surface area contributed by atoms with Gasteiger partial charge in [0.15, 0.2) is 0 Å². The van der Waals surface area contributed by atoms with E-state index < -0.39 is 12.1 Å². The van der Waals surface area contributed by atoms with Crippen LogP contribution in [0.1, 0.15) is 46.0 Å². The molecule has 0 spiro atoms. The van der Waals surface area contributed by atoms with Crippen molar-refractivity contribution in [1.29, 1.82) is 0 Å². The van der Waals surface area contributed by atoms with Gasteiger partial charge in [0.1, 0.15) is 0 Å². The summed E-state index contributed by atoms with van der Waals surface area (Å²) in [5, 5.41) is 18.2.